The number of nitrogen functional groups attached to an aromatic ring is 1. The lowest BCUT2D eigenvalue weighted by Gasteiger charge is -2.35. The molecule has 3 aromatic rings. The van der Waals surface area contributed by atoms with Crippen LogP contribution in [-0.4, -0.2) is 53.1 Å². The van der Waals surface area contributed by atoms with Crippen molar-refractivity contribution in [3.63, 3.8) is 0 Å². The second-order valence-electron chi connectivity index (χ2n) is 7.37. The highest BCUT2D eigenvalue weighted by atomic mass is 35.5. The molecule has 162 valence electrons. The third-order valence-corrected chi connectivity index (χ3v) is 5.49. The average molecular weight is 440 g/mol. The van der Waals surface area contributed by atoms with Crippen LogP contribution in [0.3, 0.4) is 0 Å². The number of ether oxygens (including phenoxy) is 1. The van der Waals surface area contributed by atoms with Gasteiger partial charge in [-0.05, 0) is 42.0 Å². The molecule has 1 saturated heterocycles. The number of hydrogen-bond acceptors (Lipinski definition) is 8. The number of hydrogen-bond donors (Lipinski definition) is 2. The SMILES string of the molecule is COc1ccc(CNc2nc(N)nc(CN3CCN(c4ccc(Cl)cc4)CC3)n2)cc1. The summed E-state index contributed by atoms with van der Waals surface area (Å²) in [5, 5.41) is 3.99. The summed E-state index contributed by atoms with van der Waals surface area (Å²) in [5.74, 6) is 2.21. The molecule has 0 aliphatic carbocycles. The largest absolute Gasteiger partial charge is 0.497 e. The first-order chi connectivity index (χ1) is 15.1. The minimum Gasteiger partial charge on any atom is -0.497 e. The number of rotatable bonds is 7. The van der Waals surface area contributed by atoms with Crippen LogP contribution in [0.2, 0.25) is 5.02 Å². The highest BCUT2D eigenvalue weighted by molar-refractivity contribution is 6.30. The summed E-state index contributed by atoms with van der Waals surface area (Å²) in [6.45, 7) is 4.94. The number of halogens is 1. The summed E-state index contributed by atoms with van der Waals surface area (Å²) < 4.78 is 5.19. The van der Waals surface area contributed by atoms with Gasteiger partial charge in [0, 0.05) is 43.4 Å². The summed E-state index contributed by atoms with van der Waals surface area (Å²) in [6.07, 6.45) is 0. The fraction of sp³-hybridized carbons (Fsp3) is 0.318. The molecule has 0 radical (unpaired) electrons. The van der Waals surface area contributed by atoms with Crippen LogP contribution in [0.15, 0.2) is 48.5 Å². The zero-order valence-electron chi connectivity index (χ0n) is 17.5. The maximum Gasteiger partial charge on any atom is 0.228 e. The summed E-state index contributed by atoms with van der Waals surface area (Å²) >= 11 is 5.99. The second-order valence-corrected chi connectivity index (χ2v) is 7.81. The maximum absolute atomic E-state index is 5.99. The Bertz CT molecular complexity index is 990. The highest BCUT2D eigenvalue weighted by Crippen LogP contribution is 2.20. The van der Waals surface area contributed by atoms with Gasteiger partial charge in [-0.2, -0.15) is 15.0 Å². The van der Waals surface area contributed by atoms with Gasteiger partial charge in [-0.3, -0.25) is 4.90 Å². The fourth-order valence-electron chi connectivity index (χ4n) is 3.53. The number of benzene rings is 2. The second kappa shape index (κ2) is 9.80. The van der Waals surface area contributed by atoms with Gasteiger partial charge in [0.25, 0.3) is 0 Å². The van der Waals surface area contributed by atoms with E-state index in [1.54, 1.807) is 7.11 Å². The molecule has 1 fully saturated rings. The van der Waals surface area contributed by atoms with E-state index in [1.807, 2.05) is 36.4 Å². The molecule has 31 heavy (non-hydrogen) atoms. The average Bonchev–Trinajstić information content (AvgIpc) is 2.79. The lowest BCUT2D eigenvalue weighted by atomic mass is 10.2. The van der Waals surface area contributed by atoms with Gasteiger partial charge in [0.2, 0.25) is 11.9 Å². The van der Waals surface area contributed by atoms with Crippen molar-refractivity contribution >= 4 is 29.2 Å². The van der Waals surface area contributed by atoms with Gasteiger partial charge < -0.3 is 20.7 Å². The van der Waals surface area contributed by atoms with Gasteiger partial charge in [0.1, 0.15) is 11.6 Å². The number of aromatic nitrogens is 3. The van der Waals surface area contributed by atoms with Gasteiger partial charge in [-0.25, -0.2) is 0 Å². The molecule has 1 aromatic heterocycles. The summed E-state index contributed by atoms with van der Waals surface area (Å²) in [6, 6.07) is 15.8. The summed E-state index contributed by atoms with van der Waals surface area (Å²) in [5.41, 5.74) is 8.22. The number of methoxy groups -OCH3 is 1. The van der Waals surface area contributed by atoms with Crippen LogP contribution in [0.5, 0.6) is 5.75 Å². The zero-order chi connectivity index (χ0) is 21.6. The van der Waals surface area contributed by atoms with Gasteiger partial charge in [-0.1, -0.05) is 23.7 Å². The third-order valence-electron chi connectivity index (χ3n) is 5.24. The number of piperazine rings is 1. The number of nitrogens with one attached hydrogen (secondary N) is 1. The van der Waals surface area contributed by atoms with Crippen LogP contribution >= 0.6 is 11.6 Å². The van der Waals surface area contributed by atoms with E-state index in [1.165, 1.54) is 5.69 Å². The molecule has 0 atom stereocenters. The minimum absolute atomic E-state index is 0.224. The monoisotopic (exact) mass is 439 g/mol. The molecule has 0 spiro atoms. The van der Waals surface area contributed by atoms with E-state index >= 15 is 0 Å². The van der Waals surface area contributed by atoms with Crippen molar-refractivity contribution in [3.05, 3.63) is 64.9 Å². The lowest BCUT2D eigenvalue weighted by molar-refractivity contribution is 0.244. The molecule has 8 nitrogen and oxygen atoms in total. The highest BCUT2D eigenvalue weighted by Gasteiger charge is 2.19. The van der Waals surface area contributed by atoms with Crippen LogP contribution in [0.4, 0.5) is 17.6 Å². The maximum atomic E-state index is 5.99. The quantitative estimate of drug-likeness (QED) is 0.580. The van der Waals surface area contributed by atoms with Crippen LogP contribution in [0.25, 0.3) is 0 Å². The molecular formula is C22H26ClN7O. The van der Waals surface area contributed by atoms with E-state index in [2.05, 4.69) is 42.2 Å². The van der Waals surface area contributed by atoms with E-state index < -0.39 is 0 Å². The van der Waals surface area contributed by atoms with Gasteiger partial charge >= 0.3 is 0 Å². The lowest BCUT2D eigenvalue weighted by Crippen LogP contribution is -2.46. The van der Waals surface area contributed by atoms with Crippen LogP contribution in [-0.2, 0) is 13.1 Å². The van der Waals surface area contributed by atoms with Crippen molar-refractivity contribution in [2.45, 2.75) is 13.1 Å². The fourth-order valence-corrected chi connectivity index (χ4v) is 3.65. The van der Waals surface area contributed by atoms with Crippen LogP contribution < -0.4 is 20.7 Å². The van der Waals surface area contributed by atoms with Crippen molar-refractivity contribution in [2.24, 2.45) is 0 Å². The first-order valence-corrected chi connectivity index (χ1v) is 10.6. The first kappa shape index (κ1) is 21.1. The topological polar surface area (TPSA) is 92.4 Å². The Morgan fingerprint density at radius 2 is 1.68 bits per heavy atom. The predicted octanol–water partition coefficient (Wildman–Crippen LogP) is 3.05. The molecule has 2 heterocycles. The van der Waals surface area contributed by atoms with E-state index in [-0.39, 0.29) is 5.95 Å². The van der Waals surface area contributed by atoms with Gasteiger partial charge in [0.05, 0.1) is 13.7 Å². The summed E-state index contributed by atoms with van der Waals surface area (Å²) in [4.78, 5) is 17.8. The Kier molecular flexibility index (Phi) is 6.69. The Hall–Kier alpha value is -3.10. The van der Waals surface area contributed by atoms with Crippen molar-refractivity contribution in [1.29, 1.82) is 0 Å². The van der Waals surface area contributed by atoms with Gasteiger partial charge in [0.15, 0.2) is 0 Å². The smallest absolute Gasteiger partial charge is 0.228 e. The molecule has 0 unspecified atom stereocenters. The van der Waals surface area contributed by atoms with Crippen molar-refractivity contribution in [1.82, 2.24) is 19.9 Å². The number of anilines is 3. The van der Waals surface area contributed by atoms with E-state index in [0.717, 1.165) is 42.5 Å². The van der Waals surface area contributed by atoms with Crippen molar-refractivity contribution in [3.8, 4) is 5.75 Å². The molecule has 9 heteroatoms. The van der Waals surface area contributed by atoms with Crippen molar-refractivity contribution < 1.29 is 4.74 Å². The number of nitrogens with zero attached hydrogens (tertiary/aromatic N) is 5. The molecule has 4 rings (SSSR count). The molecule has 1 aliphatic rings. The molecule has 2 aromatic carbocycles. The third kappa shape index (κ3) is 5.74. The van der Waals surface area contributed by atoms with Crippen LogP contribution in [0.1, 0.15) is 11.4 Å². The normalized spacial score (nSPS) is 14.5. The van der Waals surface area contributed by atoms with E-state index in [0.29, 0.717) is 24.9 Å². The Morgan fingerprint density at radius 3 is 2.35 bits per heavy atom. The van der Waals surface area contributed by atoms with Crippen LogP contribution in [0, 0.1) is 0 Å². The van der Waals surface area contributed by atoms with E-state index in [4.69, 9.17) is 22.1 Å². The molecule has 0 bridgehead atoms. The minimum atomic E-state index is 0.224. The van der Waals surface area contributed by atoms with Gasteiger partial charge in [-0.15, -0.1) is 0 Å². The molecular weight excluding hydrogens is 414 g/mol. The Labute approximate surface area is 187 Å². The summed E-state index contributed by atoms with van der Waals surface area (Å²) in [7, 11) is 1.65. The Balaban J connectivity index is 1.32. The zero-order valence-corrected chi connectivity index (χ0v) is 18.2. The van der Waals surface area contributed by atoms with Crippen molar-refractivity contribution in [2.75, 3.05) is 49.2 Å². The first-order valence-electron chi connectivity index (χ1n) is 10.2. The predicted molar refractivity (Wildman–Crippen MR) is 124 cm³/mol. The number of nitrogens with two attached hydrogens (primary N) is 1. The van der Waals surface area contributed by atoms with E-state index in [9.17, 15) is 0 Å². The molecule has 1 aliphatic heterocycles. The molecule has 0 saturated carbocycles. The standard InChI is InChI=1S/C22H26ClN7O/c1-31-19-8-2-16(3-9-19)14-25-22-27-20(26-21(24)28-22)15-29-10-12-30(13-11-29)18-6-4-17(23)5-7-18/h2-9H,10-15H2,1H3,(H3,24,25,26,27,28). The molecule has 0 amide bonds. The molecule has 3 N–H and O–H groups in total. The Morgan fingerprint density at radius 1 is 0.968 bits per heavy atom.